The summed E-state index contributed by atoms with van der Waals surface area (Å²) < 4.78 is 0. The SMILES string of the molecule is O=C1CC=C(C=CCO)C=C1CO. The number of rotatable bonds is 3. The van der Waals surface area contributed by atoms with E-state index in [0.29, 0.717) is 12.0 Å². The average molecular weight is 180 g/mol. The number of aliphatic hydroxyl groups is 2. The second-order valence-corrected chi connectivity index (χ2v) is 2.74. The Morgan fingerprint density at radius 3 is 2.85 bits per heavy atom. The van der Waals surface area contributed by atoms with Crippen molar-refractivity contribution in [3.05, 3.63) is 35.5 Å². The van der Waals surface area contributed by atoms with Gasteiger partial charge in [-0.15, -0.1) is 0 Å². The van der Waals surface area contributed by atoms with Gasteiger partial charge in [0, 0.05) is 12.0 Å². The van der Waals surface area contributed by atoms with Gasteiger partial charge in [0.25, 0.3) is 0 Å². The first-order valence-corrected chi connectivity index (χ1v) is 4.10. The standard InChI is InChI=1S/C10H12O3/c11-5-1-2-8-3-4-10(13)9(6-8)7-12/h1-3,6,11-12H,4-5,7H2. The van der Waals surface area contributed by atoms with Gasteiger partial charge in [-0.2, -0.15) is 0 Å². The summed E-state index contributed by atoms with van der Waals surface area (Å²) in [6.45, 7) is -0.239. The molecule has 0 bridgehead atoms. The zero-order chi connectivity index (χ0) is 9.68. The molecule has 0 aromatic carbocycles. The molecule has 0 saturated heterocycles. The van der Waals surface area contributed by atoms with Crippen LogP contribution >= 0.6 is 0 Å². The molecule has 13 heavy (non-hydrogen) atoms. The summed E-state index contributed by atoms with van der Waals surface area (Å²) in [4.78, 5) is 11.1. The van der Waals surface area contributed by atoms with Gasteiger partial charge in [0.05, 0.1) is 13.2 Å². The molecular formula is C10H12O3. The first-order valence-electron chi connectivity index (χ1n) is 4.10. The van der Waals surface area contributed by atoms with Crippen molar-refractivity contribution in [3.8, 4) is 0 Å². The number of aliphatic hydroxyl groups excluding tert-OH is 2. The minimum Gasteiger partial charge on any atom is -0.392 e. The lowest BCUT2D eigenvalue weighted by Crippen LogP contribution is -2.09. The highest BCUT2D eigenvalue weighted by atomic mass is 16.3. The highest BCUT2D eigenvalue weighted by molar-refractivity contribution is 5.98. The van der Waals surface area contributed by atoms with Gasteiger partial charge < -0.3 is 10.2 Å². The van der Waals surface area contributed by atoms with Gasteiger partial charge in [-0.05, 0) is 11.6 Å². The van der Waals surface area contributed by atoms with Crippen LogP contribution in [0.25, 0.3) is 0 Å². The summed E-state index contributed by atoms with van der Waals surface area (Å²) in [5, 5.41) is 17.3. The third-order valence-electron chi connectivity index (χ3n) is 1.81. The van der Waals surface area contributed by atoms with Crippen molar-refractivity contribution in [1.29, 1.82) is 0 Å². The molecule has 0 aromatic rings. The summed E-state index contributed by atoms with van der Waals surface area (Å²) >= 11 is 0. The lowest BCUT2D eigenvalue weighted by molar-refractivity contribution is -0.115. The van der Waals surface area contributed by atoms with E-state index < -0.39 is 0 Å². The van der Waals surface area contributed by atoms with E-state index >= 15 is 0 Å². The molecule has 70 valence electrons. The van der Waals surface area contributed by atoms with Crippen LogP contribution in [0.5, 0.6) is 0 Å². The molecule has 0 atom stereocenters. The fraction of sp³-hybridized carbons (Fsp3) is 0.300. The molecular weight excluding hydrogens is 168 g/mol. The molecule has 0 radical (unpaired) electrons. The molecule has 1 rings (SSSR count). The van der Waals surface area contributed by atoms with Crippen LogP contribution in [0.2, 0.25) is 0 Å². The predicted octanol–water partition coefficient (Wildman–Crippen LogP) is 0.353. The van der Waals surface area contributed by atoms with Crippen LogP contribution in [0.15, 0.2) is 35.5 Å². The molecule has 2 N–H and O–H groups in total. The summed E-state index contributed by atoms with van der Waals surface area (Å²) in [6.07, 6.45) is 7.05. The van der Waals surface area contributed by atoms with Crippen molar-refractivity contribution >= 4 is 5.78 Å². The number of hydrogen-bond acceptors (Lipinski definition) is 3. The number of allylic oxidation sites excluding steroid dienone is 4. The average Bonchev–Trinajstić information content (AvgIpc) is 2.16. The van der Waals surface area contributed by atoms with Gasteiger partial charge in [0.15, 0.2) is 5.78 Å². The van der Waals surface area contributed by atoms with Gasteiger partial charge in [-0.25, -0.2) is 0 Å². The normalized spacial score (nSPS) is 17.5. The molecule has 0 aromatic heterocycles. The Morgan fingerprint density at radius 1 is 1.46 bits per heavy atom. The second kappa shape index (κ2) is 4.74. The third kappa shape index (κ3) is 2.65. The predicted molar refractivity (Wildman–Crippen MR) is 49.1 cm³/mol. The quantitative estimate of drug-likeness (QED) is 0.659. The van der Waals surface area contributed by atoms with E-state index in [9.17, 15) is 4.79 Å². The van der Waals surface area contributed by atoms with Crippen molar-refractivity contribution < 1.29 is 15.0 Å². The zero-order valence-electron chi connectivity index (χ0n) is 7.23. The molecule has 3 heteroatoms. The van der Waals surface area contributed by atoms with Crippen molar-refractivity contribution in [1.82, 2.24) is 0 Å². The van der Waals surface area contributed by atoms with Crippen LogP contribution < -0.4 is 0 Å². The molecule has 1 aliphatic rings. The molecule has 0 aliphatic heterocycles. The van der Waals surface area contributed by atoms with Crippen LogP contribution in [-0.4, -0.2) is 29.2 Å². The number of Topliss-reactive ketones (excluding diaryl/α,β-unsaturated/α-hetero) is 1. The molecule has 0 amide bonds. The Hall–Kier alpha value is -1.19. The van der Waals surface area contributed by atoms with E-state index in [4.69, 9.17) is 10.2 Å². The molecule has 1 aliphatic carbocycles. The number of ketones is 1. The minimum atomic E-state index is -0.219. The van der Waals surface area contributed by atoms with E-state index in [-0.39, 0.29) is 19.0 Å². The molecule has 0 spiro atoms. The summed E-state index contributed by atoms with van der Waals surface area (Å²) in [6, 6.07) is 0. The molecule has 3 nitrogen and oxygen atoms in total. The van der Waals surface area contributed by atoms with Gasteiger partial charge in [-0.3, -0.25) is 4.79 Å². The van der Waals surface area contributed by atoms with E-state index in [1.807, 2.05) is 0 Å². The van der Waals surface area contributed by atoms with Crippen molar-refractivity contribution in [2.24, 2.45) is 0 Å². The maximum absolute atomic E-state index is 11.1. The highest BCUT2D eigenvalue weighted by Crippen LogP contribution is 2.14. The largest absolute Gasteiger partial charge is 0.392 e. The summed E-state index contributed by atoms with van der Waals surface area (Å²) in [5.74, 6) is -0.0383. The Kier molecular flexibility index (Phi) is 3.61. The van der Waals surface area contributed by atoms with Crippen molar-refractivity contribution in [2.75, 3.05) is 13.2 Å². The minimum absolute atomic E-state index is 0.0203. The Labute approximate surface area is 76.7 Å². The lowest BCUT2D eigenvalue weighted by Gasteiger charge is -2.07. The Balaban J connectivity index is 2.75. The van der Waals surface area contributed by atoms with E-state index in [1.165, 1.54) is 0 Å². The molecule has 0 saturated carbocycles. The van der Waals surface area contributed by atoms with Crippen LogP contribution in [0.4, 0.5) is 0 Å². The lowest BCUT2D eigenvalue weighted by atomic mass is 9.98. The number of carbonyl (C=O) groups is 1. The summed E-state index contributed by atoms with van der Waals surface area (Å²) in [7, 11) is 0. The molecule has 0 heterocycles. The van der Waals surface area contributed by atoms with Crippen LogP contribution in [0.1, 0.15) is 6.42 Å². The van der Waals surface area contributed by atoms with Crippen molar-refractivity contribution in [3.63, 3.8) is 0 Å². The molecule has 0 unspecified atom stereocenters. The van der Waals surface area contributed by atoms with Crippen molar-refractivity contribution in [2.45, 2.75) is 6.42 Å². The Bertz CT molecular complexity index is 285. The van der Waals surface area contributed by atoms with E-state index in [1.54, 1.807) is 24.3 Å². The monoisotopic (exact) mass is 180 g/mol. The maximum atomic E-state index is 11.1. The number of hydrogen-bond donors (Lipinski definition) is 2. The summed E-state index contributed by atoms with van der Waals surface area (Å²) in [5.41, 5.74) is 1.29. The number of carbonyl (C=O) groups excluding carboxylic acids is 1. The smallest absolute Gasteiger partial charge is 0.164 e. The van der Waals surface area contributed by atoms with Gasteiger partial charge in [0.1, 0.15) is 0 Å². The van der Waals surface area contributed by atoms with Gasteiger partial charge in [-0.1, -0.05) is 18.2 Å². The fourth-order valence-corrected chi connectivity index (χ4v) is 1.12. The second-order valence-electron chi connectivity index (χ2n) is 2.74. The topological polar surface area (TPSA) is 57.5 Å². The Morgan fingerprint density at radius 2 is 2.23 bits per heavy atom. The third-order valence-corrected chi connectivity index (χ3v) is 1.81. The first-order chi connectivity index (χ1) is 6.27. The van der Waals surface area contributed by atoms with E-state index in [0.717, 1.165) is 5.57 Å². The first kappa shape index (κ1) is 9.89. The van der Waals surface area contributed by atoms with Crippen LogP contribution in [0.3, 0.4) is 0 Å². The fourth-order valence-electron chi connectivity index (χ4n) is 1.12. The highest BCUT2D eigenvalue weighted by Gasteiger charge is 2.11. The van der Waals surface area contributed by atoms with Crippen LogP contribution in [-0.2, 0) is 4.79 Å². The van der Waals surface area contributed by atoms with Gasteiger partial charge >= 0.3 is 0 Å². The molecule has 0 fully saturated rings. The van der Waals surface area contributed by atoms with E-state index in [2.05, 4.69) is 0 Å². The van der Waals surface area contributed by atoms with Crippen LogP contribution in [0, 0.1) is 0 Å². The van der Waals surface area contributed by atoms with Gasteiger partial charge in [0.2, 0.25) is 0 Å². The maximum Gasteiger partial charge on any atom is 0.164 e. The zero-order valence-corrected chi connectivity index (χ0v) is 7.23.